The summed E-state index contributed by atoms with van der Waals surface area (Å²) in [4.78, 5) is 31.0. The molecule has 1 aromatic rings. The number of phenols is 1. The molecule has 1 rings (SSSR count). The number of aromatic hydroxyl groups is 1. The number of phosphoric acid groups is 1. The van der Waals surface area contributed by atoms with Crippen LogP contribution in [-0.2, 0) is 10.7 Å². The van der Waals surface area contributed by atoms with Gasteiger partial charge in [0.05, 0.1) is 11.0 Å². The fourth-order valence-electron chi connectivity index (χ4n) is 0.745. The van der Waals surface area contributed by atoms with E-state index in [0.717, 1.165) is 18.2 Å². The van der Waals surface area contributed by atoms with E-state index in [0.29, 0.717) is 0 Å². The molecule has 0 fully saturated rings. The van der Waals surface area contributed by atoms with Gasteiger partial charge in [-0.05, 0) is 6.07 Å². The predicted octanol–water partition coefficient (Wildman–Crippen LogP) is 0.739. The van der Waals surface area contributed by atoms with Crippen LogP contribution in [0.5, 0.6) is 5.75 Å². The van der Waals surface area contributed by atoms with Crippen LogP contribution < -0.4 is 0 Å². The second-order valence-corrected chi connectivity index (χ2v) is 6.05. The third-order valence-electron chi connectivity index (χ3n) is 1.31. The molecule has 0 unspecified atom stereocenters. The zero-order valence-corrected chi connectivity index (χ0v) is 11.4. The van der Waals surface area contributed by atoms with Gasteiger partial charge in [0.15, 0.2) is 0 Å². The lowest BCUT2D eigenvalue weighted by Crippen LogP contribution is -1.87. The van der Waals surface area contributed by atoms with Crippen LogP contribution in [0.25, 0.3) is 0 Å². The van der Waals surface area contributed by atoms with E-state index in [1.165, 1.54) is 0 Å². The number of nitrogens with zero attached hydrogens (tertiary/aromatic N) is 1. The molecule has 0 heterocycles. The van der Waals surface area contributed by atoms with Crippen LogP contribution in [-0.4, -0.2) is 24.7 Å². The lowest BCUT2D eigenvalue weighted by molar-refractivity contribution is -0.384. The molecule has 0 aliphatic rings. The quantitative estimate of drug-likeness (QED) is 0.244. The van der Waals surface area contributed by atoms with Gasteiger partial charge in [-0.1, -0.05) is 0 Å². The average Bonchev–Trinajstić information content (AvgIpc) is 2.13. The highest BCUT2D eigenvalue weighted by molar-refractivity contribution is 14.2. The largest absolute Gasteiger partial charge is 0.506 e. The maximum Gasteiger partial charge on any atom is 0.466 e. The van der Waals surface area contributed by atoms with Crippen molar-refractivity contribution in [1.29, 1.82) is 0 Å². The molecule has 0 bridgehead atoms. The van der Waals surface area contributed by atoms with Crippen LogP contribution in [0.4, 0.5) is 5.69 Å². The average molecular weight is 395 g/mol. The zero-order chi connectivity index (χ0) is 14.5. The van der Waals surface area contributed by atoms with Crippen molar-refractivity contribution < 1.29 is 35.4 Å². The minimum Gasteiger partial charge on any atom is -0.506 e. The number of non-ortho nitro benzene ring substituents is 1. The monoisotopic (exact) mass is 395 g/mol. The van der Waals surface area contributed by atoms with Crippen molar-refractivity contribution in [2.75, 3.05) is 0 Å². The van der Waals surface area contributed by atoms with Crippen LogP contribution in [0.2, 0.25) is 0 Å². The van der Waals surface area contributed by atoms with Crippen molar-refractivity contribution in [3.05, 3.63) is 31.9 Å². The van der Waals surface area contributed by atoms with Crippen LogP contribution >= 0.6 is 27.6 Å². The molecule has 0 saturated carbocycles. The highest BCUT2D eigenvalue weighted by Crippen LogP contribution is 2.30. The third kappa shape index (κ3) is 7.24. The molecule has 0 amide bonds. The van der Waals surface area contributed by atoms with Gasteiger partial charge >= 0.3 is 27.6 Å². The van der Waals surface area contributed by atoms with Gasteiger partial charge in [0, 0.05) is 6.07 Å². The third-order valence-corrected chi connectivity index (χ3v) is 3.17. The highest BCUT2D eigenvalue weighted by Gasteiger charge is 2.12. The van der Waals surface area contributed by atoms with Crippen molar-refractivity contribution in [2.24, 2.45) is 0 Å². The Morgan fingerprint density at radius 1 is 1.22 bits per heavy atom. The normalized spacial score (nSPS) is 10.7. The first-order valence-corrected chi connectivity index (χ1v) is 8.24. The first-order valence-electron chi connectivity index (χ1n) is 3.83. The summed E-state index contributed by atoms with van der Waals surface area (Å²) in [5.74, 6) is -0.565. The number of benzene rings is 1. The maximum absolute atomic E-state index is 10.5. The summed E-state index contributed by atoms with van der Waals surface area (Å²) < 4.78 is 29.7. The van der Waals surface area contributed by atoms with Gasteiger partial charge in [0.2, 0.25) is 0 Å². The van der Waals surface area contributed by atoms with Crippen LogP contribution in [0.3, 0.4) is 0 Å². The smallest absolute Gasteiger partial charge is 0.466 e. The number of nitro benzene ring substituents is 1. The maximum atomic E-state index is 10.5. The topological polar surface area (TPSA) is 175 Å². The van der Waals surface area contributed by atoms with Gasteiger partial charge < -0.3 is 19.8 Å². The summed E-state index contributed by atoms with van der Waals surface area (Å²) in [5, 5.41) is 19.2. The second kappa shape index (κ2) is 6.70. The van der Waals surface area contributed by atoms with Crippen molar-refractivity contribution in [3.8, 4) is 5.75 Å². The van der Waals surface area contributed by atoms with Crippen molar-refractivity contribution in [3.63, 3.8) is 0 Å². The van der Waals surface area contributed by atoms with Crippen molar-refractivity contribution in [2.45, 2.75) is 0 Å². The molecule has 0 radical (unpaired) electrons. The first kappa shape index (κ1) is 16.9. The molecule has 0 aliphatic heterocycles. The summed E-state index contributed by atoms with van der Waals surface area (Å²) in [6.45, 7) is 0. The van der Waals surface area contributed by atoms with E-state index in [1.807, 2.05) is 0 Å². The molecule has 102 valence electrons. The Kier molecular flexibility index (Phi) is 6.28. The standard InChI is InChI=1S/C6H4INO5.H3O4P/c9-6-3-4(8(12)13)1-2-5(6)7(10)11;1-5(2,3)4/h1-3,9H;(H3,1,2,3,4). The van der Waals surface area contributed by atoms with E-state index in [1.54, 1.807) is 0 Å². The second-order valence-electron chi connectivity index (χ2n) is 2.62. The molecule has 12 heteroatoms. The van der Waals surface area contributed by atoms with Gasteiger partial charge in [-0.15, -0.1) is 0 Å². The number of hydrogen-bond donors (Lipinski definition) is 4. The first-order chi connectivity index (χ1) is 8.02. The van der Waals surface area contributed by atoms with E-state index >= 15 is 0 Å². The number of phenolic OH excluding ortho intramolecular Hbond substituents is 1. The van der Waals surface area contributed by atoms with Gasteiger partial charge in [0.25, 0.3) is 5.69 Å². The lowest BCUT2D eigenvalue weighted by Gasteiger charge is -1.94. The minimum absolute atomic E-state index is 0.227. The molecular formula is C6H7INO9P. The SMILES string of the molecule is O=P(O)(O)O.O=[N+]([O-])c1ccc(I(=O)=O)c(O)c1. The van der Waals surface area contributed by atoms with Gasteiger partial charge in [-0.2, -0.15) is 0 Å². The number of rotatable bonds is 2. The summed E-state index contributed by atoms with van der Waals surface area (Å²) >= 11 is -3.75. The molecule has 0 atom stereocenters. The zero-order valence-electron chi connectivity index (χ0n) is 8.33. The van der Waals surface area contributed by atoms with Crippen LogP contribution in [0.15, 0.2) is 18.2 Å². The molecule has 10 nitrogen and oxygen atoms in total. The number of halogens is 1. The molecule has 0 aromatic heterocycles. The van der Waals surface area contributed by atoms with E-state index in [2.05, 4.69) is 0 Å². The number of nitro groups is 1. The highest BCUT2D eigenvalue weighted by atomic mass is 127. The molecule has 0 spiro atoms. The molecule has 4 N–H and O–H groups in total. The van der Waals surface area contributed by atoms with Crippen LogP contribution in [0.1, 0.15) is 0 Å². The molecule has 18 heavy (non-hydrogen) atoms. The molecular weight excluding hydrogens is 388 g/mol. The predicted molar refractivity (Wildman–Crippen MR) is 63.1 cm³/mol. The van der Waals surface area contributed by atoms with Gasteiger partial charge in [-0.25, -0.2) is 10.7 Å². The molecule has 0 aliphatic carbocycles. The summed E-state index contributed by atoms with van der Waals surface area (Å²) in [6.07, 6.45) is 0. The van der Waals surface area contributed by atoms with Gasteiger partial charge in [0.1, 0.15) is 9.32 Å². The van der Waals surface area contributed by atoms with Crippen molar-refractivity contribution in [1.82, 2.24) is 0 Å². The van der Waals surface area contributed by atoms with E-state index in [-0.39, 0.29) is 9.26 Å². The van der Waals surface area contributed by atoms with Crippen molar-refractivity contribution >= 4 is 33.3 Å². The Hall–Kier alpha value is -1.14. The summed E-state index contributed by atoms with van der Waals surface area (Å²) in [5.41, 5.74) is -0.334. The Bertz CT molecular complexity index is 546. The Morgan fingerprint density at radius 2 is 1.67 bits per heavy atom. The van der Waals surface area contributed by atoms with E-state index in [4.69, 9.17) is 24.4 Å². The summed E-state index contributed by atoms with van der Waals surface area (Å²) in [7, 11) is -4.64. The van der Waals surface area contributed by atoms with E-state index in [9.17, 15) is 16.3 Å². The Morgan fingerprint density at radius 3 is 1.94 bits per heavy atom. The van der Waals surface area contributed by atoms with Gasteiger partial charge in [-0.3, -0.25) is 10.1 Å². The lowest BCUT2D eigenvalue weighted by atomic mass is 10.3. The van der Waals surface area contributed by atoms with E-state index < -0.39 is 38.3 Å². The fourth-order valence-corrected chi connectivity index (χ4v) is 1.83. The minimum atomic E-state index is -4.64. The Labute approximate surface area is 106 Å². The van der Waals surface area contributed by atoms with Crippen LogP contribution in [0, 0.1) is 13.7 Å². The fraction of sp³-hybridized carbons (Fsp3) is 0. The Balaban J connectivity index is 0.000000494. The number of hydrogen-bond acceptors (Lipinski definition) is 6. The summed E-state index contributed by atoms with van der Waals surface area (Å²) in [6, 6.07) is 2.88. The molecule has 0 saturated heterocycles. The molecule has 1 aromatic carbocycles.